The van der Waals surface area contributed by atoms with Crippen molar-refractivity contribution >= 4 is 21.4 Å². The maximum absolute atomic E-state index is 10.0. The van der Waals surface area contributed by atoms with E-state index in [2.05, 4.69) is 42.6 Å². The summed E-state index contributed by atoms with van der Waals surface area (Å²) in [5, 5.41) is 15.0. The fraction of sp³-hybridized carbons (Fsp3) is 0.500. The van der Waals surface area contributed by atoms with Crippen LogP contribution in [-0.2, 0) is 0 Å². The maximum Gasteiger partial charge on any atom is 0.0693 e. The number of rotatable bonds is 3. The van der Waals surface area contributed by atoms with Crippen molar-refractivity contribution < 1.29 is 5.11 Å². The van der Waals surface area contributed by atoms with Crippen LogP contribution in [0.2, 0.25) is 0 Å². The summed E-state index contributed by atoms with van der Waals surface area (Å²) >= 11 is 1.85. The Labute approximate surface area is 118 Å². The second kappa shape index (κ2) is 5.61. The van der Waals surface area contributed by atoms with Gasteiger partial charge in [0.2, 0.25) is 0 Å². The topological polar surface area (TPSA) is 32.3 Å². The first kappa shape index (κ1) is 13.1. The number of hydrogen-bond donors (Lipinski definition) is 2. The van der Waals surface area contributed by atoms with Crippen molar-refractivity contribution in [1.82, 2.24) is 5.32 Å². The van der Waals surface area contributed by atoms with Gasteiger partial charge in [0.25, 0.3) is 0 Å². The quantitative estimate of drug-likeness (QED) is 0.891. The Morgan fingerprint density at radius 2 is 2.05 bits per heavy atom. The van der Waals surface area contributed by atoms with E-state index in [1.54, 1.807) is 0 Å². The summed E-state index contributed by atoms with van der Waals surface area (Å²) in [5.74, 6) is 0. The van der Waals surface area contributed by atoms with Crippen molar-refractivity contribution in [3.05, 3.63) is 35.2 Å². The predicted octanol–water partition coefficient (Wildman–Crippen LogP) is 3.86. The zero-order chi connectivity index (χ0) is 13.2. The van der Waals surface area contributed by atoms with E-state index in [9.17, 15) is 5.11 Å². The van der Waals surface area contributed by atoms with Crippen molar-refractivity contribution in [2.75, 3.05) is 0 Å². The lowest BCUT2D eigenvalue weighted by Gasteiger charge is -2.30. The average molecular weight is 275 g/mol. The third-order valence-electron chi connectivity index (χ3n) is 4.06. The van der Waals surface area contributed by atoms with Crippen molar-refractivity contribution in [3.63, 3.8) is 0 Å². The number of hydrogen-bond acceptors (Lipinski definition) is 3. The van der Waals surface area contributed by atoms with Gasteiger partial charge >= 0.3 is 0 Å². The van der Waals surface area contributed by atoms with Crippen LogP contribution in [0.3, 0.4) is 0 Å². The van der Waals surface area contributed by atoms with Crippen LogP contribution < -0.4 is 5.32 Å². The van der Waals surface area contributed by atoms with Crippen molar-refractivity contribution in [2.45, 2.75) is 50.8 Å². The standard InChI is InChI=1S/C16H21NOS/c1-11(17-13-7-3-4-8-14(13)18)16-10-12-6-2-5-9-15(12)19-16/h2,5-6,9-11,13-14,17-18H,3-4,7-8H2,1H3. The first-order chi connectivity index (χ1) is 9.24. The van der Waals surface area contributed by atoms with E-state index in [1.165, 1.54) is 21.4 Å². The van der Waals surface area contributed by atoms with E-state index >= 15 is 0 Å². The van der Waals surface area contributed by atoms with Crippen LogP contribution in [0.1, 0.15) is 43.5 Å². The summed E-state index contributed by atoms with van der Waals surface area (Å²) < 4.78 is 1.34. The summed E-state index contributed by atoms with van der Waals surface area (Å²) in [6, 6.07) is 11.4. The SMILES string of the molecule is CC(NC1CCCCC1O)c1cc2ccccc2s1. The number of aliphatic hydroxyl groups excluding tert-OH is 1. The molecule has 1 fully saturated rings. The first-order valence-corrected chi connectivity index (χ1v) is 7.98. The van der Waals surface area contributed by atoms with E-state index in [0.717, 1.165) is 19.3 Å². The second-order valence-corrected chi connectivity index (χ2v) is 6.65. The molecular formula is C16H21NOS. The lowest BCUT2D eigenvalue weighted by atomic mass is 9.92. The number of benzene rings is 1. The lowest BCUT2D eigenvalue weighted by molar-refractivity contribution is 0.0862. The van der Waals surface area contributed by atoms with Gasteiger partial charge in [0.1, 0.15) is 0 Å². The van der Waals surface area contributed by atoms with E-state index < -0.39 is 0 Å². The van der Waals surface area contributed by atoms with Crippen LogP contribution in [0, 0.1) is 0 Å². The van der Waals surface area contributed by atoms with Gasteiger partial charge in [-0.3, -0.25) is 0 Å². The molecule has 0 saturated heterocycles. The molecule has 19 heavy (non-hydrogen) atoms. The van der Waals surface area contributed by atoms with Gasteiger partial charge in [0.15, 0.2) is 0 Å². The fourth-order valence-electron chi connectivity index (χ4n) is 2.92. The van der Waals surface area contributed by atoms with Crippen molar-refractivity contribution in [3.8, 4) is 0 Å². The van der Waals surface area contributed by atoms with Crippen LogP contribution in [0.15, 0.2) is 30.3 Å². The molecule has 1 aromatic carbocycles. The molecule has 2 N–H and O–H groups in total. The largest absolute Gasteiger partial charge is 0.392 e. The van der Waals surface area contributed by atoms with E-state index in [1.807, 2.05) is 11.3 Å². The highest BCUT2D eigenvalue weighted by atomic mass is 32.1. The Kier molecular flexibility index (Phi) is 3.87. The Hall–Kier alpha value is -0.900. The molecule has 2 aromatic rings. The molecule has 2 nitrogen and oxygen atoms in total. The number of fused-ring (bicyclic) bond motifs is 1. The summed E-state index contributed by atoms with van der Waals surface area (Å²) in [5.41, 5.74) is 0. The molecule has 3 unspecified atom stereocenters. The van der Waals surface area contributed by atoms with Gasteiger partial charge in [-0.1, -0.05) is 31.0 Å². The minimum atomic E-state index is -0.175. The van der Waals surface area contributed by atoms with Crippen LogP contribution in [0.4, 0.5) is 0 Å². The zero-order valence-electron chi connectivity index (χ0n) is 11.3. The Morgan fingerprint density at radius 3 is 2.84 bits per heavy atom. The molecular weight excluding hydrogens is 254 g/mol. The van der Waals surface area contributed by atoms with Crippen LogP contribution in [0.5, 0.6) is 0 Å². The van der Waals surface area contributed by atoms with Gasteiger partial charge in [-0.05, 0) is 37.3 Å². The third kappa shape index (κ3) is 2.83. The monoisotopic (exact) mass is 275 g/mol. The minimum absolute atomic E-state index is 0.175. The van der Waals surface area contributed by atoms with Crippen LogP contribution in [-0.4, -0.2) is 17.3 Å². The van der Waals surface area contributed by atoms with E-state index in [-0.39, 0.29) is 12.1 Å². The molecule has 1 aliphatic rings. The Bertz CT molecular complexity index is 517. The summed E-state index contributed by atoms with van der Waals surface area (Å²) in [7, 11) is 0. The molecule has 1 aromatic heterocycles. The normalized spacial score (nSPS) is 25.6. The molecule has 0 aliphatic heterocycles. The van der Waals surface area contributed by atoms with E-state index in [0.29, 0.717) is 6.04 Å². The number of aliphatic hydroxyl groups is 1. The summed E-state index contributed by atoms with van der Waals surface area (Å²) in [4.78, 5) is 1.36. The van der Waals surface area contributed by atoms with E-state index in [4.69, 9.17) is 0 Å². The molecule has 3 atom stereocenters. The molecule has 3 heteroatoms. The van der Waals surface area contributed by atoms with Crippen molar-refractivity contribution in [1.29, 1.82) is 0 Å². The molecule has 102 valence electrons. The third-order valence-corrected chi connectivity index (χ3v) is 5.36. The van der Waals surface area contributed by atoms with Crippen molar-refractivity contribution in [2.24, 2.45) is 0 Å². The zero-order valence-corrected chi connectivity index (χ0v) is 12.1. The predicted molar refractivity (Wildman–Crippen MR) is 81.6 cm³/mol. The second-order valence-electron chi connectivity index (χ2n) is 5.53. The highest BCUT2D eigenvalue weighted by Crippen LogP contribution is 2.30. The molecule has 0 amide bonds. The molecule has 0 bridgehead atoms. The van der Waals surface area contributed by atoms with Crippen LogP contribution >= 0.6 is 11.3 Å². The fourth-order valence-corrected chi connectivity index (χ4v) is 4.00. The first-order valence-electron chi connectivity index (χ1n) is 7.16. The number of thiophene rings is 1. The number of nitrogens with one attached hydrogen (secondary N) is 1. The molecule has 1 heterocycles. The van der Waals surface area contributed by atoms with Gasteiger partial charge in [0.05, 0.1) is 6.10 Å². The highest BCUT2D eigenvalue weighted by Gasteiger charge is 2.24. The van der Waals surface area contributed by atoms with Gasteiger partial charge in [0, 0.05) is 21.7 Å². The molecule has 0 spiro atoms. The van der Waals surface area contributed by atoms with Gasteiger partial charge in [-0.25, -0.2) is 0 Å². The molecule has 3 rings (SSSR count). The van der Waals surface area contributed by atoms with Gasteiger partial charge in [-0.2, -0.15) is 0 Å². The van der Waals surface area contributed by atoms with Gasteiger partial charge < -0.3 is 10.4 Å². The molecule has 0 radical (unpaired) electrons. The molecule has 1 aliphatic carbocycles. The summed E-state index contributed by atoms with van der Waals surface area (Å²) in [6.45, 7) is 2.20. The Balaban J connectivity index is 1.74. The lowest BCUT2D eigenvalue weighted by Crippen LogP contribution is -2.42. The minimum Gasteiger partial charge on any atom is -0.392 e. The Morgan fingerprint density at radius 1 is 1.26 bits per heavy atom. The van der Waals surface area contributed by atoms with Crippen LogP contribution in [0.25, 0.3) is 10.1 Å². The average Bonchev–Trinajstić information content (AvgIpc) is 2.85. The maximum atomic E-state index is 10.0. The highest BCUT2D eigenvalue weighted by molar-refractivity contribution is 7.19. The molecule has 1 saturated carbocycles. The van der Waals surface area contributed by atoms with Gasteiger partial charge in [-0.15, -0.1) is 11.3 Å². The summed E-state index contributed by atoms with van der Waals surface area (Å²) in [6.07, 6.45) is 4.25. The smallest absolute Gasteiger partial charge is 0.0693 e.